The average molecular weight is 282 g/mol. The number of nitrogens with one attached hydrogen (secondary N) is 1. The molecule has 86 valence electrons. The van der Waals surface area contributed by atoms with E-state index in [9.17, 15) is 0 Å². The van der Waals surface area contributed by atoms with Gasteiger partial charge in [0.25, 0.3) is 0 Å². The van der Waals surface area contributed by atoms with Gasteiger partial charge in [-0.2, -0.15) is 0 Å². The van der Waals surface area contributed by atoms with Crippen molar-refractivity contribution in [2.75, 3.05) is 5.43 Å². The number of rotatable bonds is 3. The summed E-state index contributed by atoms with van der Waals surface area (Å²) in [5.41, 5.74) is 4.16. The number of nitrogen functional groups attached to an aromatic ring is 1. The van der Waals surface area contributed by atoms with E-state index in [4.69, 9.17) is 5.84 Å². The molecule has 0 saturated carbocycles. The minimum absolute atomic E-state index is 0.409. The largest absolute Gasteiger partial charge is 0.292 e. The van der Waals surface area contributed by atoms with E-state index in [2.05, 4.69) is 25.6 Å². The van der Waals surface area contributed by atoms with Crippen molar-refractivity contribution in [3.05, 3.63) is 17.0 Å². The van der Waals surface area contributed by atoms with Crippen LogP contribution in [0.1, 0.15) is 0 Å². The smallest absolute Gasteiger partial charge is 0.239 e. The Morgan fingerprint density at radius 2 is 2.24 bits per heavy atom. The molecule has 17 heavy (non-hydrogen) atoms. The van der Waals surface area contributed by atoms with Crippen molar-refractivity contribution in [2.45, 2.75) is 9.37 Å². The monoisotopic (exact) mass is 282 g/mol. The molecule has 0 amide bonds. The topological polar surface area (TPSA) is 89.6 Å². The number of hydrogen-bond acceptors (Lipinski definition) is 9. The van der Waals surface area contributed by atoms with E-state index in [1.807, 2.05) is 11.4 Å². The van der Waals surface area contributed by atoms with Crippen LogP contribution in [0.25, 0.3) is 10.2 Å². The molecule has 0 fully saturated rings. The number of aromatic nitrogens is 4. The lowest BCUT2D eigenvalue weighted by Gasteiger charge is -2.02. The van der Waals surface area contributed by atoms with Crippen LogP contribution >= 0.6 is 34.4 Å². The number of nitrogens with two attached hydrogens (primary N) is 1. The molecule has 0 aliphatic heterocycles. The minimum atomic E-state index is 0.409. The van der Waals surface area contributed by atoms with Crippen molar-refractivity contribution in [1.82, 2.24) is 20.2 Å². The zero-order valence-electron chi connectivity index (χ0n) is 8.32. The molecular formula is C8H6N6S3. The number of thiophene rings is 1. The van der Waals surface area contributed by atoms with E-state index in [1.54, 1.807) is 16.8 Å². The molecule has 0 radical (unpaired) electrons. The summed E-state index contributed by atoms with van der Waals surface area (Å²) >= 11 is 4.49. The molecule has 3 N–H and O–H groups in total. The summed E-state index contributed by atoms with van der Waals surface area (Å²) < 4.78 is 0.846. The standard InChI is InChI=1S/C8H6N6S3/c9-13-7-11-5-4(1-2-15-5)6(12-7)17-8-14-10-3-16-8/h1-3H,9H2,(H,11,12,13). The Balaban J connectivity index is 2.10. The molecule has 6 nitrogen and oxygen atoms in total. The zero-order valence-corrected chi connectivity index (χ0v) is 10.8. The quantitative estimate of drug-likeness (QED) is 0.431. The molecule has 0 atom stereocenters. The Labute approximate surface area is 108 Å². The molecule has 0 saturated heterocycles. The number of hydrogen-bond donors (Lipinski definition) is 2. The second-order valence-corrected chi connectivity index (χ2v) is 5.91. The van der Waals surface area contributed by atoms with Gasteiger partial charge < -0.3 is 0 Å². The highest BCUT2D eigenvalue weighted by molar-refractivity contribution is 8.01. The lowest BCUT2D eigenvalue weighted by molar-refractivity contribution is 1.00. The first-order valence-corrected chi connectivity index (χ1v) is 7.10. The van der Waals surface area contributed by atoms with Gasteiger partial charge in [-0.15, -0.1) is 21.5 Å². The zero-order chi connectivity index (χ0) is 11.7. The van der Waals surface area contributed by atoms with Crippen LogP contribution in [0.3, 0.4) is 0 Å². The van der Waals surface area contributed by atoms with Crippen molar-refractivity contribution in [3.63, 3.8) is 0 Å². The summed E-state index contributed by atoms with van der Waals surface area (Å²) in [6.45, 7) is 0. The lowest BCUT2D eigenvalue weighted by atomic mass is 10.4. The molecule has 3 aromatic rings. The molecule has 0 unspecified atom stereocenters. The number of nitrogens with zero attached hydrogens (tertiary/aromatic N) is 4. The van der Waals surface area contributed by atoms with Crippen LogP contribution in [0.4, 0.5) is 5.95 Å². The maximum Gasteiger partial charge on any atom is 0.239 e. The van der Waals surface area contributed by atoms with Gasteiger partial charge in [0.05, 0.1) is 0 Å². The summed E-state index contributed by atoms with van der Waals surface area (Å²) in [5, 5.41) is 11.6. The third-order valence-corrected chi connectivity index (χ3v) is 4.53. The third kappa shape index (κ3) is 2.09. The molecule has 9 heteroatoms. The van der Waals surface area contributed by atoms with Crippen LogP contribution < -0.4 is 11.3 Å². The Morgan fingerprint density at radius 3 is 3.00 bits per heavy atom. The summed E-state index contributed by atoms with van der Waals surface area (Å²) in [6, 6.07) is 1.99. The van der Waals surface area contributed by atoms with Crippen LogP contribution in [0.2, 0.25) is 0 Å². The normalized spacial score (nSPS) is 10.9. The first-order chi connectivity index (χ1) is 8.36. The second-order valence-electron chi connectivity index (χ2n) is 2.94. The number of anilines is 1. The van der Waals surface area contributed by atoms with Crippen LogP contribution in [-0.2, 0) is 0 Å². The molecule has 0 aliphatic rings. The molecule has 3 heterocycles. The van der Waals surface area contributed by atoms with E-state index in [-0.39, 0.29) is 0 Å². The highest BCUT2D eigenvalue weighted by Gasteiger charge is 2.11. The number of fused-ring (bicyclic) bond motifs is 1. The van der Waals surface area contributed by atoms with E-state index in [0.29, 0.717) is 5.95 Å². The average Bonchev–Trinajstić information content (AvgIpc) is 2.98. The predicted molar refractivity (Wildman–Crippen MR) is 69.3 cm³/mol. The van der Waals surface area contributed by atoms with Crippen molar-refractivity contribution in [3.8, 4) is 0 Å². The Kier molecular flexibility index (Phi) is 2.89. The summed E-state index contributed by atoms with van der Waals surface area (Å²) in [5.74, 6) is 5.76. The fourth-order valence-corrected chi connectivity index (χ4v) is 3.59. The van der Waals surface area contributed by atoms with Crippen LogP contribution in [0.5, 0.6) is 0 Å². The summed E-state index contributed by atoms with van der Waals surface area (Å²) in [7, 11) is 0. The van der Waals surface area contributed by atoms with Crippen molar-refractivity contribution < 1.29 is 0 Å². The molecular weight excluding hydrogens is 276 g/mol. The SMILES string of the molecule is NNc1nc(Sc2nncs2)c2ccsc2n1. The predicted octanol–water partition coefficient (Wildman–Crippen LogP) is 1.98. The van der Waals surface area contributed by atoms with Gasteiger partial charge in [0.15, 0.2) is 4.34 Å². The summed E-state index contributed by atoms with van der Waals surface area (Å²) in [6.07, 6.45) is 0. The van der Waals surface area contributed by atoms with E-state index in [1.165, 1.54) is 23.1 Å². The van der Waals surface area contributed by atoms with Crippen LogP contribution in [-0.4, -0.2) is 20.2 Å². The molecule has 0 spiro atoms. The highest BCUT2D eigenvalue weighted by atomic mass is 32.2. The van der Waals surface area contributed by atoms with Crippen LogP contribution in [0, 0.1) is 0 Å². The fourth-order valence-electron chi connectivity index (χ4n) is 1.26. The molecule has 0 aliphatic carbocycles. The fraction of sp³-hybridized carbons (Fsp3) is 0. The van der Waals surface area contributed by atoms with Gasteiger partial charge in [-0.3, -0.25) is 5.43 Å². The third-order valence-electron chi connectivity index (χ3n) is 1.94. The van der Waals surface area contributed by atoms with Crippen molar-refractivity contribution in [2.24, 2.45) is 5.84 Å². The molecule has 3 rings (SSSR count). The minimum Gasteiger partial charge on any atom is -0.292 e. The van der Waals surface area contributed by atoms with E-state index < -0.39 is 0 Å². The van der Waals surface area contributed by atoms with E-state index in [0.717, 1.165) is 19.6 Å². The van der Waals surface area contributed by atoms with Gasteiger partial charge >= 0.3 is 0 Å². The highest BCUT2D eigenvalue weighted by Crippen LogP contribution is 2.34. The van der Waals surface area contributed by atoms with Gasteiger partial charge in [0.1, 0.15) is 15.4 Å². The summed E-state index contributed by atoms with van der Waals surface area (Å²) in [4.78, 5) is 9.50. The maximum absolute atomic E-state index is 5.35. The number of hydrazine groups is 1. The Hall–Kier alpha value is -1.29. The second kappa shape index (κ2) is 4.53. The van der Waals surface area contributed by atoms with Gasteiger partial charge in [0.2, 0.25) is 5.95 Å². The van der Waals surface area contributed by atoms with Gasteiger partial charge in [-0.1, -0.05) is 11.3 Å². The lowest BCUT2D eigenvalue weighted by Crippen LogP contribution is -2.10. The van der Waals surface area contributed by atoms with E-state index >= 15 is 0 Å². The molecule has 0 bridgehead atoms. The maximum atomic E-state index is 5.35. The van der Waals surface area contributed by atoms with Crippen LogP contribution in [0.15, 0.2) is 26.3 Å². The Morgan fingerprint density at radius 1 is 1.29 bits per heavy atom. The first-order valence-electron chi connectivity index (χ1n) is 4.52. The van der Waals surface area contributed by atoms with Gasteiger partial charge in [0, 0.05) is 5.39 Å². The van der Waals surface area contributed by atoms with Crippen molar-refractivity contribution >= 4 is 50.6 Å². The molecule has 0 aromatic carbocycles. The molecule has 3 aromatic heterocycles. The van der Waals surface area contributed by atoms with Crippen molar-refractivity contribution in [1.29, 1.82) is 0 Å². The first kappa shape index (κ1) is 10.8. The van der Waals surface area contributed by atoms with Gasteiger partial charge in [-0.05, 0) is 23.2 Å². The Bertz CT molecular complexity index is 634. The van der Waals surface area contributed by atoms with Gasteiger partial charge in [-0.25, -0.2) is 15.8 Å².